The van der Waals surface area contributed by atoms with Crippen molar-refractivity contribution >= 4 is 28.5 Å². The third-order valence-corrected chi connectivity index (χ3v) is 6.94. The predicted molar refractivity (Wildman–Crippen MR) is 143 cm³/mol. The van der Waals surface area contributed by atoms with E-state index in [1.165, 1.54) is 0 Å². The van der Waals surface area contributed by atoms with Gasteiger partial charge in [0.2, 0.25) is 0 Å². The predicted octanol–water partition coefficient (Wildman–Crippen LogP) is 5.16. The van der Waals surface area contributed by atoms with Crippen molar-refractivity contribution in [2.75, 3.05) is 25.1 Å². The zero-order valence-electron chi connectivity index (χ0n) is 21.4. The van der Waals surface area contributed by atoms with Gasteiger partial charge in [0.25, 0.3) is 5.91 Å². The number of fused-ring (bicyclic) bond motifs is 2. The number of aliphatic carboxylic acids is 1. The average molecular weight is 499 g/mol. The van der Waals surface area contributed by atoms with Gasteiger partial charge < -0.3 is 19.5 Å². The molecule has 1 aromatic heterocycles. The monoisotopic (exact) mass is 498 g/mol. The van der Waals surface area contributed by atoms with Crippen molar-refractivity contribution in [1.29, 1.82) is 0 Å². The maximum Gasteiger partial charge on any atom is 0.307 e. The second-order valence-corrected chi connectivity index (χ2v) is 9.63. The number of anilines is 1. The van der Waals surface area contributed by atoms with Crippen LogP contribution in [-0.2, 0) is 11.2 Å². The number of aromatic nitrogens is 1. The van der Waals surface area contributed by atoms with E-state index in [0.29, 0.717) is 35.5 Å². The molecule has 1 aliphatic rings. The number of likely N-dealkylation sites (N-methyl/N-ethyl adjacent to an activating group) is 1. The number of para-hydroxylation sites is 3. The van der Waals surface area contributed by atoms with Gasteiger partial charge in [-0.1, -0.05) is 30.3 Å². The molecule has 3 aromatic carbocycles. The first kappa shape index (κ1) is 24.4. The Labute approximate surface area is 215 Å². The van der Waals surface area contributed by atoms with E-state index in [9.17, 15) is 14.7 Å². The number of hydrogen-bond acceptors (Lipinski definition) is 5. The van der Waals surface area contributed by atoms with Crippen molar-refractivity contribution in [3.8, 4) is 11.5 Å². The molecule has 4 aromatic rings. The molecule has 0 fully saturated rings. The van der Waals surface area contributed by atoms with Gasteiger partial charge in [0.05, 0.1) is 24.2 Å². The molecule has 7 nitrogen and oxygen atoms in total. The Morgan fingerprint density at radius 2 is 1.70 bits per heavy atom. The number of carbonyl (C=O) groups excluding carboxylic acids is 1. The molecule has 1 N–H and O–H groups in total. The molecule has 5 rings (SSSR count). The molecule has 190 valence electrons. The van der Waals surface area contributed by atoms with Crippen molar-refractivity contribution in [2.45, 2.75) is 33.3 Å². The summed E-state index contributed by atoms with van der Waals surface area (Å²) in [5, 5.41) is 10.2. The minimum absolute atomic E-state index is 0.124. The van der Waals surface area contributed by atoms with Crippen molar-refractivity contribution in [1.82, 2.24) is 4.57 Å². The summed E-state index contributed by atoms with van der Waals surface area (Å²) in [6.45, 7) is 6.75. The first-order valence-corrected chi connectivity index (χ1v) is 12.3. The standard InChI is InChI=1S/C30H30N2O5/c1-18-13-21(30(35)32-20(3)24(15-28(33)34)23-9-5-6-10-25(23)32)14-19(2)29(18)36-17-22-16-31(4)26-11-7-8-12-27(26)37-22/h5-14,22H,15-17H2,1-4H3,(H,33,34). The molecular formula is C30H30N2O5. The number of ether oxygens (including phenoxy) is 2. The fourth-order valence-corrected chi connectivity index (χ4v) is 5.26. The lowest BCUT2D eigenvalue weighted by Gasteiger charge is -2.33. The van der Waals surface area contributed by atoms with E-state index in [1.54, 1.807) is 11.5 Å². The van der Waals surface area contributed by atoms with Gasteiger partial charge in [0.1, 0.15) is 24.2 Å². The number of benzene rings is 3. The number of aryl methyl sites for hydroxylation is 2. The molecule has 0 saturated heterocycles. The van der Waals surface area contributed by atoms with Gasteiger partial charge in [0.15, 0.2) is 0 Å². The SMILES string of the molecule is Cc1cc(C(=O)n2c(C)c(CC(=O)O)c3ccccc32)cc(C)c1OCC1CN(C)c2ccccc2O1. The number of nitrogens with zero attached hydrogens (tertiary/aromatic N) is 2. The van der Waals surface area contributed by atoms with E-state index in [1.807, 2.05) is 81.6 Å². The average Bonchev–Trinajstić information content (AvgIpc) is 3.13. The maximum atomic E-state index is 13.7. The summed E-state index contributed by atoms with van der Waals surface area (Å²) in [5.41, 5.74) is 5.30. The van der Waals surface area contributed by atoms with Gasteiger partial charge in [-0.3, -0.25) is 14.2 Å². The highest BCUT2D eigenvalue weighted by molar-refractivity contribution is 6.05. The van der Waals surface area contributed by atoms with Crippen LogP contribution in [0.2, 0.25) is 0 Å². The molecule has 1 unspecified atom stereocenters. The van der Waals surface area contributed by atoms with Crippen LogP contribution < -0.4 is 14.4 Å². The van der Waals surface area contributed by atoms with Gasteiger partial charge in [-0.2, -0.15) is 0 Å². The van der Waals surface area contributed by atoms with E-state index in [-0.39, 0.29) is 18.4 Å². The Kier molecular flexibility index (Phi) is 6.38. The normalized spacial score (nSPS) is 14.8. The molecule has 0 amide bonds. The lowest BCUT2D eigenvalue weighted by molar-refractivity contribution is -0.136. The smallest absolute Gasteiger partial charge is 0.307 e. The van der Waals surface area contributed by atoms with E-state index in [2.05, 4.69) is 4.90 Å². The molecule has 0 spiro atoms. The molecule has 0 bridgehead atoms. The van der Waals surface area contributed by atoms with Crippen molar-refractivity contribution < 1.29 is 24.2 Å². The molecule has 0 saturated carbocycles. The largest absolute Gasteiger partial charge is 0.489 e. The van der Waals surface area contributed by atoms with Gasteiger partial charge in [-0.25, -0.2) is 0 Å². The molecule has 37 heavy (non-hydrogen) atoms. The van der Waals surface area contributed by atoms with Crippen LogP contribution in [0.5, 0.6) is 11.5 Å². The Morgan fingerprint density at radius 1 is 1.03 bits per heavy atom. The Hall–Kier alpha value is -4.26. The number of hydrogen-bond donors (Lipinski definition) is 1. The minimum atomic E-state index is -0.928. The number of carbonyl (C=O) groups is 2. The summed E-state index contributed by atoms with van der Waals surface area (Å²) in [6.07, 6.45) is -0.262. The van der Waals surface area contributed by atoms with Crippen LogP contribution in [0.1, 0.15) is 32.7 Å². The summed E-state index contributed by atoms with van der Waals surface area (Å²) in [4.78, 5) is 27.3. The van der Waals surface area contributed by atoms with Gasteiger partial charge >= 0.3 is 5.97 Å². The van der Waals surface area contributed by atoms with Gasteiger partial charge in [0, 0.05) is 23.7 Å². The van der Waals surface area contributed by atoms with Crippen LogP contribution in [0.4, 0.5) is 5.69 Å². The van der Waals surface area contributed by atoms with Crippen LogP contribution in [0, 0.1) is 20.8 Å². The molecule has 0 radical (unpaired) electrons. The number of carboxylic acid groups (broad SMARTS) is 1. The van der Waals surface area contributed by atoms with Crippen molar-refractivity contribution in [3.05, 3.63) is 88.6 Å². The van der Waals surface area contributed by atoms with Crippen LogP contribution in [-0.4, -0.2) is 47.9 Å². The quantitative estimate of drug-likeness (QED) is 0.396. The van der Waals surface area contributed by atoms with Crippen molar-refractivity contribution in [3.63, 3.8) is 0 Å². The summed E-state index contributed by atoms with van der Waals surface area (Å²) in [5.74, 6) is 0.457. The molecule has 0 aliphatic carbocycles. The van der Waals surface area contributed by atoms with Crippen LogP contribution in [0.25, 0.3) is 10.9 Å². The third-order valence-electron chi connectivity index (χ3n) is 6.94. The second kappa shape index (κ2) is 9.65. The first-order chi connectivity index (χ1) is 17.7. The van der Waals surface area contributed by atoms with Gasteiger partial charge in [-0.15, -0.1) is 0 Å². The lowest BCUT2D eigenvalue weighted by Crippen LogP contribution is -2.41. The van der Waals surface area contributed by atoms with E-state index in [4.69, 9.17) is 9.47 Å². The van der Waals surface area contributed by atoms with E-state index < -0.39 is 5.97 Å². The zero-order valence-corrected chi connectivity index (χ0v) is 21.4. The van der Waals surface area contributed by atoms with Crippen molar-refractivity contribution in [2.24, 2.45) is 0 Å². The first-order valence-electron chi connectivity index (χ1n) is 12.3. The molecule has 7 heteroatoms. The number of rotatable bonds is 6. The third kappa shape index (κ3) is 4.53. The summed E-state index contributed by atoms with van der Waals surface area (Å²) < 4.78 is 14.0. The van der Waals surface area contributed by atoms with E-state index in [0.717, 1.165) is 33.7 Å². The fourth-order valence-electron chi connectivity index (χ4n) is 5.26. The van der Waals surface area contributed by atoms with Crippen LogP contribution >= 0.6 is 0 Å². The number of carboxylic acids is 1. The Morgan fingerprint density at radius 3 is 2.43 bits per heavy atom. The summed E-state index contributed by atoms with van der Waals surface area (Å²) in [7, 11) is 2.04. The highest BCUT2D eigenvalue weighted by Gasteiger charge is 2.25. The maximum absolute atomic E-state index is 13.7. The lowest BCUT2D eigenvalue weighted by atomic mass is 10.0. The summed E-state index contributed by atoms with van der Waals surface area (Å²) in [6, 6.07) is 19.0. The van der Waals surface area contributed by atoms with Crippen LogP contribution in [0.3, 0.4) is 0 Å². The van der Waals surface area contributed by atoms with Crippen LogP contribution in [0.15, 0.2) is 60.7 Å². The molecular weight excluding hydrogens is 468 g/mol. The Balaban J connectivity index is 1.40. The Bertz CT molecular complexity index is 1500. The molecule has 1 atom stereocenters. The summed E-state index contributed by atoms with van der Waals surface area (Å²) >= 11 is 0. The highest BCUT2D eigenvalue weighted by Crippen LogP contribution is 2.33. The second-order valence-electron chi connectivity index (χ2n) is 9.63. The fraction of sp³-hybridized carbons (Fsp3) is 0.267. The topological polar surface area (TPSA) is 81.0 Å². The highest BCUT2D eigenvalue weighted by atomic mass is 16.5. The molecule has 1 aliphatic heterocycles. The van der Waals surface area contributed by atoms with Gasteiger partial charge in [-0.05, 0) is 67.8 Å². The molecule has 2 heterocycles. The minimum Gasteiger partial charge on any atom is -0.489 e. The zero-order chi connectivity index (χ0) is 26.3. The van der Waals surface area contributed by atoms with E-state index >= 15 is 0 Å².